The molecule has 0 aromatic heterocycles. The van der Waals surface area contributed by atoms with Gasteiger partial charge in [-0.05, 0) is 12.5 Å². The lowest BCUT2D eigenvalue weighted by Gasteiger charge is -2.33. The third kappa shape index (κ3) is 3.41. The molecule has 0 saturated carbocycles. The fourth-order valence-corrected chi connectivity index (χ4v) is 1.52. The SMILES string of the molecule is C=C(C)C(=O)SCC(F)(F)C(F)(F)C(F)(F)C(F)(F)F. The van der Waals surface area contributed by atoms with Crippen molar-refractivity contribution in [3.05, 3.63) is 12.2 Å². The van der Waals surface area contributed by atoms with Gasteiger partial charge < -0.3 is 0 Å². The Morgan fingerprint density at radius 3 is 1.65 bits per heavy atom. The molecule has 1 nitrogen and oxygen atoms in total. The summed E-state index contributed by atoms with van der Waals surface area (Å²) in [4.78, 5) is 10.8. The summed E-state index contributed by atoms with van der Waals surface area (Å²) in [5.74, 6) is -21.6. The molecule has 0 aliphatic carbocycles. The number of carbonyl (C=O) groups is 1. The van der Waals surface area contributed by atoms with Crippen molar-refractivity contribution in [1.29, 1.82) is 0 Å². The van der Waals surface area contributed by atoms with E-state index in [9.17, 15) is 44.3 Å². The van der Waals surface area contributed by atoms with Crippen molar-refractivity contribution in [2.75, 3.05) is 5.75 Å². The maximum absolute atomic E-state index is 12.9. The lowest BCUT2D eigenvalue weighted by atomic mass is 10.1. The minimum absolute atomic E-state index is 0.350. The van der Waals surface area contributed by atoms with Gasteiger partial charge in [-0.25, -0.2) is 0 Å². The van der Waals surface area contributed by atoms with Crippen LogP contribution in [0, 0.1) is 0 Å². The van der Waals surface area contributed by atoms with Crippen molar-refractivity contribution in [3.63, 3.8) is 0 Å². The topological polar surface area (TPSA) is 17.1 Å². The highest BCUT2D eigenvalue weighted by molar-refractivity contribution is 8.14. The highest BCUT2D eigenvalue weighted by Crippen LogP contribution is 2.53. The highest BCUT2D eigenvalue weighted by atomic mass is 32.2. The van der Waals surface area contributed by atoms with Crippen molar-refractivity contribution in [1.82, 2.24) is 0 Å². The largest absolute Gasteiger partial charge is 0.460 e. The Kier molecular flexibility index (Phi) is 5.25. The van der Waals surface area contributed by atoms with Crippen LogP contribution >= 0.6 is 11.8 Å². The summed E-state index contributed by atoms with van der Waals surface area (Å²) >= 11 is -0.524. The summed E-state index contributed by atoms with van der Waals surface area (Å²) in [6.45, 7) is 4.00. The maximum atomic E-state index is 12.9. The first-order chi connectivity index (χ1) is 8.58. The molecular weight excluding hydrogens is 327 g/mol. The predicted octanol–water partition coefficient (Wildman–Crippen LogP) is 4.29. The van der Waals surface area contributed by atoms with Crippen LogP contribution in [0.5, 0.6) is 0 Å². The molecule has 0 heterocycles. The fraction of sp³-hybridized carbons (Fsp3) is 0.667. The van der Waals surface area contributed by atoms with Crippen molar-refractivity contribution < 1.29 is 44.3 Å². The van der Waals surface area contributed by atoms with Crippen LogP contribution in [0.3, 0.4) is 0 Å². The van der Waals surface area contributed by atoms with Gasteiger partial charge in [0, 0.05) is 0 Å². The van der Waals surface area contributed by atoms with Crippen LogP contribution in [0.1, 0.15) is 6.92 Å². The minimum Gasteiger partial charge on any atom is -0.282 e. The Bertz CT molecular complexity index is 399. The Hall–Kier alpha value is -0.870. The molecule has 118 valence electrons. The van der Waals surface area contributed by atoms with E-state index in [0.717, 1.165) is 6.92 Å². The van der Waals surface area contributed by atoms with Gasteiger partial charge in [-0.3, -0.25) is 4.79 Å². The molecule has 0 bridgehead atoms. The molecule has 0 spiro atoms. The first-order valence-electron chi connectivity index (χ1n) is 4.60. The first kappa shape index (κ1) is 19.1. The van der Waals surface area contributed by atoms with Gasteiger partial charge in [0.15, 0.2) is 0 Å². The molecule has 0 amide bonds. The average molecular weight is 334 g/mol. The lowest BCUT2D eigenvalue weighted by molar-refractivity contribution is -0.392. The molecule has 0 aliphatic heterocycles. The van der Waals surface area contributed by atoms with Gasteiger partial charge in [0.1, 0.15) is 0 Å². The number of alkyl halides is 9. The van der Waals surface area contributed by atoms with Crippen LogP contribution < -0.4 is 0 Å². The molecule has 0 unspecified atom stereocenters. The molecule has 0 N–H and O–H groups in total. The molecule has 0 radical (unpaired) electrons. The minimum atomic E-state index is -6.93. The van der Waals surface area contributed by atoms with E-state index in [1.54, 1.807) is 0 Å². The molecule has 20 heavy (non-hydrogen) atoms. The van der Waals surface area contributed by atoms with Crippen LogP contribution in [0.25, 0.3) is 0 Å². The van der Waals surface area contributed by atoms with E-state index in [-0.39, 0.29) is 5.57 Å². The number of hydrogen-bond acceptors (Lipinski definition) is 2. The van der Waals surface area contributed by atoms with Crippen molar-refractivity contribution in [2.45, 2.75) is 30.9 Å². The molecule has 0 fully saturated rings. The molecule has 0 aromatic carbocycles. The zero-order chi connectivity index (χ0) is 16.6. The second-order valence-corrected chi connectivity index (χ2v) is 4.66. The zero-order valence-electron chi connectivity index (χ0n) is 9.63. The van der Waals surface area contributed by atoms with E-state index in [1.165, 1.54) is 0 Å². The number of halogens is 9. The molecule has 0 rings (SSSR count). The summed E-state index contributed by atoms with van der Waals surface area (Å²) in [7, 11) is 0. The number of thioether (sulfide) groups is 1. The summed E-state index contributed by atoms with van der Waals surface area (Å²) < 4.78 is 111. The third-order valence-electron chi connectivity index (χ3n) is 1.94. The van der Waals surface area contributed by atoms with E-state index in [0.29, 0.717) is 0 Å². The van der Waals surface area contributed by atoms with E-state index >= 15 is 0 Å². The van der Waals surface area contributed by atoms with Gasteiger partial charge in [0.05, 0.1) is 5.75 Å². The number of hydrogen-bond donors (Lipinski definition) is 0. The van der Waals surface area contributed by atoms with Crippen LogP contribution in [-0.4, -0.2) is 34.8 Å². The van der Waals surface area contributed by atoms with Crippen molar-refractivity contribution >= 4 is 16.9 Å². The normalized spacial score (nSPS) is 14.3. The third-order valence-corrected chi connectivity index (χ3v) is 3.06. The highest BCUT2D eigenvalue weighted by Gasteiger charge is 2.81. The van der Waals surface area contributed by atoms with Gasteiger partial charge in [0.2, 0.25) is 5.12 Å². The lowest BCUT2D eigenvalue weighted by Crippen LogP contribution is -2.61. The molecular formula is C9H7F9OS. The molecule has 0 aromatic rings. The number of carbonyl (C=O) groups excluding carboxylic acids is 1. The van der Waals surface area contributed by atoms with E-state index in [4.69, 9.17) is 0 Å². The molecule has 0 saturated heterocycles. The maximum Gasteiger partial charge on any atom is 0.460 e. The van der Waals surface area contributed by atoms with Gasteiger partial charge in [-0.15, -0.1) is 0 Å². The Morgan fingerprint density at radius 1 is 0.950 bits per heavy atom. The van der Waals surface area contributed by atoms with Gasteiger partial charge in [-0.2, -0.15) is 39.5 Å². The molecule has 11 heteroatoms. The molecule has 0 atom stereocenters. The van der Waals surface area contributed by atoms with Gasteiger partial charge in [-0.1, -0.05) is 18.3 Å². The smallest absolute Gasteiger partial charge is 0.282 e. The summed E-state index contributed by atoms with van der Waals surface area (Å²) in [6, 6.07) is 0. The second-order valence-electron chi connectivity index (χ2n) is 3.71. The van der Waals surface area contributed by atoms with E-state index < -0.39 is 46.6 Å². The molecule has 0 aliphatic rings. The van der Waals surface area contributed by atoms with Crippen LogP contribution in [0.15, 0.2) is 12.2 Å². The van der Waals surface area contributed by atoms with E-state index in [2.05, 4.69) is 6.58 Å². The average Bonchev–Trinajstić information content (AvgIpc) is 2.23. The van der Waals surface area contributed by atoms with Crippen LogP contribution in [-0.2, 0) is 4.79 Å². The summed E-state index contributed by atoms with van der Waals surface area (Å²) in [6.07, 6.45) is -6.86. The van der Waals surface area contributed by atoms with Crippen molar-refractivity contribution in [2.24, 2.45) is 0 Å². The summed E-state index contributed by atoms with van der Waals surface area (Å²) in [5, 5.41) is -1.23. The van der Waals surface area contributed by atoms with Gasteiger partial charge >= 0.3 is 23.9 Å². The Morgan fingerprint density at radius 2 is 1.35 bits per heavy atom. The summed E-state index contributed by atoms with van der Waals surface area (Å²) in [5.41, 5.74) is -0.350. The quantitative estimate of drug-likeness (QED) is 0.551. The van der Waals surface area contributed by atoms with Crippen LogP contribution in [0.2, 0.25) is 0 Å². The van der Waals surface area contributed by atoms with Crippen molar-refractivity contribution in [3.8, 4) is 0 Å². The predicted molar refractivity (Wildman–Crippen MR) is 53.2 cm³/mol. The van der Waals surface area contributed by atoms with Crippen LogP contribution in [0.4, 0.5) is 39.5 Å². The zero-order valence-corrected chi connectivity index (χ0v) is 10.4. The number of rotatable bonds is 5. The standard InChI is InChI=1S/C9H7F9OS/c1-4(2)5(19)20-3-6(10,11)7(12,13)8(14,15)9(16,17)18/h1,3H2,2H3. The van der Waals surface area contributed by atoms with Gasteiger partial charge in [0.25, 0.3) is 0 Å². The van der Waals surface area contributed by atoms with E-state index in [1.807, 2.05) is 0 Å². The fourth-order valence-electron chi connectivity index (χ4n) is 0.778. The Labute approximate surface area is 111 Å². The monoisotopic (exact) mass is 334 g/mol. The first-order valence-corrected chi connectivity index (χ1v) is 5.59. The Balaban J connectivity index is 5.27. The second kappa shape index (κ2) is 5.49.